The zero-order valence-electron chi connectivity index (χ0n) is 11.7. The van der Waals surface area contributed by atoms with Crippen LogP contribution in [-0.4, -0.2) is 53.4 Å². The van der Waals surface area contributed by atoms with Crippen molar-refractivity contribution in [2.75, 3.05) is 20.1 Å². The average Bonchev–Trinajstić information content (AvgIpc) is 2.83. The molecule has 3 N–H and O–H groups in total. The summed E-state index contributed by atoms with van der Waals surface area (Å²) in [6.07, 6.45) is 3.11. The van der Waals surface area contributed by atoms with Gasteiger partial charge in [-0.2, -0.15) is 0 Å². The summed E-state index contributed by atoms with van der Waals surface area (Å²) in [7, 11) is 1.64. The number of hydrogen-bond donors (Lipinski definition) is 3. The maximum absolute atomic E-state index is 11.8. The fourth-order valence-corrected chi connectivity index (χ4v) is 2.38. The quantitative estimate of drug-likeness (QED) is 0.674. The minimum Gasteiger partial charge on any atom is -0.481 e. The van der Waals surface area contributed by atoms with Gasteiger partial charge in [-0.05, 0) is 26.2 Å². The Morgan fingerprint density at radius 1 is 1.37 bits per heavy atom. The molecular weight excluding hydrogens is 248 g/mol. The zero-order chi connectivity index (χ0) is 14.5. The molecule has 1 aliphatic carbocycles. The van der Waals surface area contributed by atoms with Crippen LogP contribution in [0.15, 0.2) is 0 Å². The van der Waals surface area contributed by atoms with Crippen LogP contribution in [0.1, 0.15) is 39.0 Å². The molecule has 1 fully saturated rings. The highest BCUT2D eigenvalue weighted by Gasteiger charge is 2.41. The van der Waals surface area contributed by atoms with Crippen molar-refractivity contribution < 1.29 is 19.8 Å². The van der Waals surface area contributed by atoms with Crippen LogP contribution in [0.3, 0.4) is 0 Å². The van der Waals surface area contributed by atoms with E-state index in [0.29, 0.717) is 25.8 Å². The summed E-state index contributed by atoms with van der Waals surface area (Å²) in [5.74, 6) is -0.822. The number of aliphatic hydroxyl groups is 1. The van der Waals surface area contributed by atoms with Crippen molar-refractivity contribution in [3.63, 3.8) is 0 Å². The SMILES string of the molecule is CC(O)CCN(C)C(=O)NCC1(C(=O)O)CCCC1. The number of aliphatic hydroxyl groups excluding tert-OH is 1. The number of nitrogens with zero attached hydrogens (tertiary/aromatic N) is 1. The highest BCUT2D eigenvalue weighted by atomic mass is 16.4. The van der Waals surface area contributed by atoms with E-state index >= 15 is 0 Å². The van der Waals surface area contributed by atoms with E-state index in [9.17, 15) is 14.7 Å². The van der Waals surface area contributed by atoms with E-state index in [4.69, 9.17) is 5.11 Å². The van der Waals surface area contributed by atoms with Gasteiger partial charge < -0.3 is 20.4 Å². The third-order valence-corrected chi connectivity index (χ3v) is 3.82. The lowest BCUT2D eigenvalue weighted by Gasteiger charge is -2.26. The third-order valence-electron chi connectivity index (χ3n) is 3.82. The van der Waals surface area contributed by atoms with Crippen molar-refractivity contribution >= 4 is 12.0 Å². The fourth-order valence-electron chi connectivity index (χ4n) is 2.38. The molecule has 0 radical (unpaired) electrons. The first-order chi connectivity index (χ1) is 8.87. The Hall–Kier alpha value is -1.30. The van der Waals surface area contributed by atoms with Crippen molar-refractivity contribution in [2.45, 2.75) is 45.1 Å². The van der Waals surface area contributed by atoms with Gasteiger partial charge in [0.05, 0.1) is 11.5 Å². The van der Waals surface area contributed by atoms with E-state index in [1.807, 2.05) is 0 Å². The Balaban J connectivity index is 2.42. The third kappa shape index (κ3) is 4.38. The van der Waals surface area contributed by atoms with Gasteiger partial charge in [0.2, 0.25) is 0 Å². The highest BCUT2D eigenvalue weighted by Crippen LogP contribution is 2.37. The van der Waals surface area contributed by atoms with Gasteiger partial charge in [-0.3, -0.25) is 4.79 Å². The molecule has 1 unspecified atom stereocenters. The first kappa shape index (κ1) is 15.8. The molecule has 1 aliphatic rings. The van der Waals surface area contributed by atoms with E-state index in [2.05, 4.69) is 5.32 Å². The maximum Gasteiger partial charge on any atom is 0.317 e. The van der Waals surface area contributed by atoms with Crippen molar-refractivity contribution in [3.8, 4) is 0 Å². The number of carbonyl (C=O) groups is 2. The van der Waals surface area contributed by atoms with Crippen molar-refractivity contribution in [2.24, 2.45) is 5.41 Å². The number of nitrogens with one attached hydrogen (secondary N) is 1. The predicted octanol–water partition coefficient (Wildman–Crippen LogP) is 1.04. The fraction of sp³-hybridized carbons (Fsp3) is 0.846. The van der Waals surface area contributed by atoms with E-state index < -0.39 is 17.5 Å². The molecule has 19 heavy (non-hydrogen) atoms. The number of aliphatic carboxylic acids is 1. The monoisotopic (exact) mass is 272 g/mol. The van der Waals surface area contributed by atoms with Crippen LogP contribution in [0.5, 0.6) is 0 Å². The average molecular weight is 272 g/mol. The van der Waals surface area contributed by atoms with Crippen LogP contribution < -0.4 is 5.32 Å². The number of urea groups is 1. The molecule has 6 nitrogen and oxygen atoms in total. The van der Waals surface area contributed by atoms with Crippen LogP contribution in [0.4, 0.5) is 4.79 Å². The molecule has 0 aromatic rings. The second-order valence-corrected chi connectivity index (χ2v) is 5.51. The van der Waals surface area contributed by atoms with Gasteiger partial charge in [0.1, 0.15) is 0 Å². The first-order valence-electron chi connectivity index (χ1n) is 6.78. The Kier molecular flexibility index (Phi) is 5.60. The number of carboxylic acids is 1. The minimum absolute atomic E-state index is 0.181. The van der Waals surface area contributed by atoms with Gasteiger partial charge >= 0.3 is 12.0 Å². The molecule has 0 aromatic carbocycles. The molecule has 110 valence electrons. The van der Waals surface area contributed by atoms with Crippen LogP contribution in [-0.2, 0) is 4.79 Å². The van der Waals surface area contributed by atoms with Gasteiger partial charge in [-0.1, -0.05) is 12.8 Å². The smallest absolute Gasteiger partial charge is 0.317 e. The second-order valence-electron chi connectivity index (χ2n) is 5.51. The topological polar surface area (TPSA) is 89.9 Å². The first-order valence-corrected chi connectivity index (χ1v) is 6.78. The molecule has 1 rings (SSSR count). The summed E-state index contributed by atoms with van der Waals surface area (Å²) < 4.78 is 0. The van der Waals surface area contributed by atoms with Crippen LogP contribution >= 0.6 is 0 Å². The van der Waals surface area contributed by atoms with Gasteiger partial charge in [0.25, 0.3) is 0 Å². The van der Waals surface area contributed by atoms with Crippen molar-refractivity contribution in [1.82, 2.24) is 10.2 Å². The molecular formula is C13H24N2O4. The van der Waals surface area contributed by atoms with Crippen LogP contribution in [0, 0.1) is 5.41 Å². The summed E-state index contributed by atoms with van der Waals surface area (Å²) in [5.41, 5.74) is -0.791. The molecule has 0 spiro atoms. The highest BCUT2D eigenvalue weighted by molar-refractivity contribution is 5.78. The van der Waals surface area contributed by atoms with E-state index in [1.54, 1.807) is 14.0 Å². The normalized spacial score (nSPS) is 18.9. The maximum atomic E-state index is 11.8. The molecule has 1 atom stereocenters. The van der Waals surface area contributed by atoms with Gasteiger partial charge in [0, 0.05) is 20.1 Å². The second kappa shape index (κ2) is 6.75. The van der Waals surface area contributed by atoms with Crippen molar-refractivity contribution in [3.05, 3.63) is 0 Å². The summed E-state index contributed by atoms with van der Waals surface area (Å²) in [4.78, 5) is 24.6. The number of amides is 2. The lowest BCUT2D eigenvalue weighted by molar-refractivity contribution is -0.148. The van der Waals surface area contributed by atoms with Gasteiger partial charge in [-0.25, -0.2) is 4.79 Å². The largest absolute Gasteiger partial charge is 0.481 e. The number of rotatable bonds is 6. The Bertz CT molecular complexity index is 325. The van der Waals surface area contributed by atoms with Gasteiger partial charge in [-0.15, -0.1) is 0 Å². The Morgan fingerprint density at radius 3 is 2.42 bits per heavy atom. The summed E-state index contributed by atoms with van der Waals surface area (Å²) in [6, 6.07) is -0.284. The van der Waals surface area contributed by atoms with E-state index in [1.165, 1.54) is 4.90 Å². The Labute approximate surface area is 113 Å². The molecule has 0 aliphatic heterocycles. The Morgan fingerprint density at radius 2 is 1.95 bits per heavy atom. The number of carboxylic acid groups (broad SMARTS) is 1. The van der Waals surface area contributed by atoms with Crippen molar-refractivity contribution in [1.29, 1.82) is 0 Å². The molecule has 0 aromatic heterocycles. The molecule has 2 amide bonds. The molecule has 6 heteroatoms. The standard InChI is InChI=1S/C13H24N2O4/c1-10(16)5-8-15(2)12(19)14-9-13(11(17)18)6-3-4-7-13/h10,16H,3-9H2,1-2H3,(H,14,19)(H,17,18). The van der Waals surface area contributed by atoms with E-state index in [-0.39, 0.29) is 12.6 Å². The minimum atomic E-state index is -0.822. The predicted molar refractivity (Wildman–Crippen MR) is 70.9 cm³/mol. The van der Waals surface area contributed by atoms with E-state index in [0.717, 1.165) is 12.8 Å². The molecule has 0 heterocycles. The molecule has 0 saturated heterocycles. The lowest BCUT2D eigenvalue weighted by Crippen LogP contribution is -2.46. The zero-order valence-corrected chi connectivity index (χ0v) is 11.7. The summed E-state index contributed by atoms with van der Waals surface area (Å²) >= 11 is 0. The lowest BCUT2D eigenvalue weighted by atomic mass is 9.86. The molecule has 1 saturated carbocycles. The molecule has 0 bridgehead atoms. The number of carbonyl (C=O) groups excluding carboxylic acids is 1. The van der Waals surface area contributed by atoms with Gasteiger partial charge in [0.15, 0.2) is 0 Å². The number of hydrogen-bond acceptors (Lipinski definition) is 3. The van der Waals surface area contributed by atoms with Crippen LogP contribution in [0.25, 0.3) is 0 Å². The van der Waals surface area contributed by atoms with Crippen LogP contribution in [0.2, 0.25) is 0 Å². The summed E-state index contributed by atoms with van der Waals surface area (Å²) in [6.45, 7) is 2.30. The summed E-state index contributed by atoms with van der Waals surface area (Å²) in [5, 5.41) is 21.2.